The van der Waals surface area contributed by atoms with Crippen LogP contribution in [0, 0.1) is 44.8 Å². The first-order valence-electron chi connectivity index (χ1n) is 19.1. The number of aromatic nitrogens is 4. The van der Waals surface area contributed by atoms with Gasteiger partial charge in [-0.1, -0.05) is 71.9 Å². The van der Waals surface area contributed by atoms with E-state index in [2.05, 4.69) is 27.4 Å². The maximum atomic E-state index is 13.2. The van der Waals surface area contributed by atoms with Crippen molar-refractivity contribution in [2.24, 2.45) is 10.8 Å². The lowest BCUT2D eigenvalue weighted by Crippen LogP contribution is -2.64. The second-order valence-electron chi connectivity index (χ2n) is 17.6. The number of fused-ring (bicyclic) bond motifs is 2. The molecule has 5 rings (SSSR count). The molecule has 2 aliphatic rings. The number of imidazole rings is 1. The van der Waals surface area contributed by atoms with Crippen LogP contribution in [0.5, 0.6) is 5.88 Å². The number of carbonyl (C=O) groups is 1. The fourth-order valence-corrected chi connectivity index (χ4v) is 10.8. The zero-order valence-corrected chi connectivity index (χ0v) is 36.5. The van der Waals surface area contributed by atoms with Crippen molar-refractivity contribution in [1.29, 1.82) is 15.8 Å². The number of nitrogens with one attached hydrogen (secondary N) is 1. The fourth-order valence-electron chi connectivity index (χ4n) is 7.30. The zero-order chi connectivity index (χ0) is 42.7. The summed E-state index contributed by atoms with van der Waals surface area (Å²) in [6.45, 7) is 15.3. The largest absolute Gasteiger partial charge is 0.475 e. The second kappa shape index (κ2) is 17.3. The minimum absolute atomic E-state index is 0.00412. The molecule has 1 aromatic carbocycles. The minimum atomic E-state index is -3.90. The van der Waals surface area contributed by atoms with Crippen molar-refractivity contribution in [1.82, 2.24) is 19.5 Å². The molecule has 3 aromatic rings. The van der Waals surface area contributed by atoms with E-state index in [-0.39, 0.29) is 67.8 Å². The Morgan fingerprint density at radius 1 is 0.966 bits per heavy atom. The third-order valence-electron chi connectivity index (χ3n) is 9.57. The quantitative estimate of drug-likeness (QED) is 0.117. The molecule has 2 aromatic heterocycles. The molecule has 0 spiro atoms. The fraction of sp³-hybridized carbons (Fsp3) is 0.625. The number of benzene rings is 1. The number of carbonyl (C=O) groups excluding carboxylic acids is 1. The Bertz CT molecular complexity index is 2080. The first-order valence-corrected chi connectivity index (χ1v) is 21.6. The molecule has 1 N–H and O–H groups in total. The summed E-state index contributed by atoms with van der Waals surface area (Å²) < 4.78 is 47.9. The molecule has 0 radical (unpaired) electrons. The van der Waals surface area contributed by atoms with E-state index in [1.165, 1.54) is 6.33 Å². The van der Waals surface area contributed by atoms with E-state index >= 15 is 0 Å². The van der Waals surface area contributed by atoms with Crippen molar-refractivity contribution in [3.8, 4) is 24.1 Å². The van der Waals surface area contributed by atoms with Crippen LogP contribution < -0.4 is 10.1 Å². The lowest BCUT2D eigenvalue weighted by atomic mass is 9.69. The predicted molar refractivity (Wildman–Crippen MR) is 216 cm³/mol. The summed E-state index contributed by atoms with van der Waals surface area (Å²) in [5.41, 5.74) is -2.10. The van der Waals surface area contributed by atoms with Crippen LogP contribution in [0.1, 0.15) is 100 Å². The molecule has 2 aliphatic heterocycles. The highest BCUT2D eigenvalue weighted by molar-refractivity contribution is 8.07. The Morgan fingerprint density at radius 3 is 2.16 bits per heavy atom. The van der Waals surface area contributed by atoms with E-state index < -0.39 is 59.1 Å². The van der Waals surface area contributed by atoms with E-state index in [0.29, 0.717) is 0 Å². The molecule has 16 nitrogen and oxygen atoms in total. The van der Waals surface area contributed by atoms with Gasteiger partial charge in [0.15, 0.2) is 23.2 Å². The molecule has 312 valence electrons. The lowest BCUT2D eigenvalue weighted by molar-refractivity contribution is -0.391. The molecule has 4 atom stereocenters. The first kappa shape index (κ1) is 45.0. The standard InChI is InChI=1S/C40H53N8O8PS/c1-36(2,3)40(37(4,5)6)51-24-27-30(53-40)31(54-57(58,55-38(7,8)17-20-42)56-39(9,10)18-21-43)34(52-27)48-25-44-29-32(48)46-35(47-33(29)50-22-14-19-41)45-28(49)23-26-15-12-11-13-16-26/h11-13,15-16,25,27,30-31,34H,14,17-18,22-24H2,1-10H3,(H,45,46,47,49)/t27-,30-,31-,34-/m1/s1. The highest BCUT2D eigenvalue weighted by Gasteiger charge is 2.63. The summed E-state index contributed by atoms with van der Waals surface area (Å²) in [5, 5.41) is 31.3. The molecule has 18 heteroatoms. The molecule has 2 fully saturated rings. The summed E-state index contributed by atoms with van der Waals surface area (Å²) in [6, 6.07) is 15.6. The van der Waals surface area contributed by atoms with Gasteiger partial charge in [0.1, 0.15) is 24.9 Å². The van der Waals surface area contributed by atoms with Gasteiger partial charge in [0.25, 0.3) is 0 Å². The highest BCUT2D eigenvalue weighted by atomic mass is 32.5. The van der Waals surface area contributed by atoms with Crippen molar-refractivity contribution < 1.29 is 37.3 Å². The van der Waals surface area contributed by atoms with Gasteiger partial charge >= 0.3 is 6.72 Å². The summed E-state index contributed by atoms with van der Waals surface area (Å²) in [4.78, 5) is 27.0. The van der Waals surface area contributed by atoms with E-state index in [1.54, 1.807) is 32.3 Å². The Kier molecular flexibility index (Phi) is 13.4. The van der Waals surface area contributed by atoms with Crippen molar-refractivity contribution >= 4 is 41.5 Å². The maximum absolute atomic E-state index is 13.2. The van der Waals surface area contributed by atoms with Crippen LogP contribution in [0.2, 0.25) is 0 Å². The average Bonchev–Trinajstić information content (AvgIpc) is 3.67. The van der Waals surface area contributed by atoms with Gasteiger partial charge in [0, 0.05) is 10.8 Å². The number of hydrogen-bond donors (Lipinski definition) is 1. The molecular weight excluding hydrogens is 784 g/mol. The van der Waals surface area contributed by atoms with E-state index in [0.717, 1.165) is 5.56 Å². The van der Waals surface area contributed by atoms with Crippen LogP contribution >= 0.6 is 6.72 Å². The summed E-state index contributed by atoms with van der Waals surface area (Å²) in [7, 11) is 0. The number of nitrogens with zero attached hydrogens (tertiary/aromatic N) is 7. The number of anilines is 1. The zero-order valence-electron chi connectivity index (χ0n) is 34.8. The number of hydrogen-bond acceptors (Lipinski definition) is 15. The van der Waals surface area contributed by atoms with Gasteiger partial charge in [-0.25, -0.2) is 4.98 Å². The molecule has 0 unspecified atom stereocenters. The smallest absolute Gasteiger partial charge is 0.328 e. The summed E-state index contributed by atoms with van der Waals surface area (Å²) in [6.07, 6.45) is -2.14. The van der Waals surface area contributed by atoms with Gasteiger partial charge in [-0.2, -0.15) is 25.8 Å². The minimum Gasteiger partial charge on any atom is -0.475 e. The van der Waals surface area contributed by atoms with Crippen molar-refractivity contribution in [3.05, 3.63) is 42.2 Å². The van der Waals surface area contributed by atoms with E-state index in [9.17, 15) is 20.6 Å². The Hall–Kier alpha value is -4.08. The first-order chi connectivity index (χ1) is 27.1. The van der Waals surface area contributed by atoms with Crippen molar-refractivity contribution in [2.45, 2.75) is 136 Å². The molecular formula is C40H53N8O8PS. The SMILES string of the molecule is CC(C)(CC#N)OP(=S)(O[C@@H]1[C@@H]2OC(C(C)(C)C)(C(C)(C)C)OC[C@H]2O[C@H]1n1cnc2c(OCCC#N)nc(NC(=O)Cc3ccccc3)nc21)OC(C)(C)CC#N. The Labute approximate surface area is 345 Å². The molecule has 0 saturated carbocycles. The average molecular weight is 837 g/mol. The van der Waals surface area contributed by atoms with Gasteiger partial charge in [-0.3, -0.25) is 19.2 Å². The van der Waals surface area contributed by atoms with Crippen LogP contribution in [-0.2, 0) is 50.8 Å². The molecule has 1 amide bonds. The Morgan fingerprint density at radius 2 is 1.59 bits per heavy atom. The second-order valence-corrected chi connectivity index (χ2v) is 20.4. The van der Waals surface area contributed by atoms with Gasteiger partial charge in [0.05, 0.1) is 68.0 Å². The van der Waals surface area contributed by atoms with Crippen molar-refractivity contribution in [2.75, 3.05) is 18.5 Å². The summed E-state index contributed by atoms with van der Waals surface area (Å²) >= 11 is 6.18. The number of nitriles is 3. The predicted octanol–water partition coefficient (Wildman–Crippen LogP) is 7.43. The maximum Gasteiger partial charge on any atom is 0.328 e. The Balaban J connectivity index is 1.66. The van der Waals surface area contributed by atoms with Gasteiger partial charge in [-0.05, 0) is 45.1 Å². The van der Waals surface area contributed by atoms with Gasteiger partial charge in [0.2, 0.25) is 17.7 Å². The lowest BCUT2D eigenvalue weighted by Gasteiger charge is -2.56. The third-order valence-corrected chi connectivity index (χ3v) is 12.2. The summed E-state index contributed by atoms with van der Waals surface area (Å²) in [5.74, 6) is -1.55. The number of amides is 1. The van der Waals surface area contributed by atoms with Crippen LogP contribution in [0.15, 0.2) is 36.7 Å². The third kappa shape index (κ3) is 10.0. The monoisotopic (exact) mass is 836 g/mol. The van der Waals surface area contributed by atoms with Crippen LogP contribution in [0.4, 0.5) is 5.95 Å². The topological polar surface area (TPSA) is 209 Å². The molecule has 0 aliphatic carbocycles. The van der Waals surface area contributed by atoms with E-state index in [1.807, 2.05) is 77.9 Å². The van der Waals surface area contributed by atoms with E-state index in [4.69, 9.17) is 49.3 Å². The highest BCUT2D eigenvalue weighted by Crippen LogP contribution is 2.61. The molecule has 0 bridgehead atoms. The van der Waals surface area contributed by atoms with Crippen molar-refractivity contribution in [3.63, 3.8) is 0 Å². The van der Waals surface area contributed by atoms with Crippen LogP contribution in [0.3, 0.4) is 0 Å². The molecule has 58 heavy (non-hydrogen) atoms. The van der Waals surface area contributed by atoms with Gasteiger partial charge < -0.3 is 28.0 Å². The molecule has 4 heterocycles. The normalized spacial score (nSPS) is 21.1. The number of ether oxygens (including phenoxy) is 4. The van der Waals surface area contributed by atoms with Gasteiger partial charge in [-0.15, -0.1) is 0 Å². The number of rotatable bonds is 15. The van der Waals surface area contributed by atoms with Crippen LogP contribution in [0.25, 0.3) is 11.2 Å². The molecule has 2 saturated heterocycles. The van der Waals surface area contributed by atoms with Crippen LogP contribution in [-0.4, -0.2) is 73.9 Å².